The van der Waals surface area contributed by atoms with E-state index in [1.807, 2.05) is 0 Å². The second-order valence-corrected chi connectivity index (χ2v) is 10.2. The average Bonchev–Trinajstić information content (AvgIpc) is 2.96. The fourth-order valence-electron chi connectivity index (χ4n) is 4.56. The predicted octanol–water partition coefficient (Wildman–Crippen LogP) is 3.60. The molecule has 0 saturated heterocycles. The normalized spacial score (nSPS) is 12.6. The van der Waals surface area contributed by atoms with Gasteiger partial charge in [0, 0.05) is 24.8 Å². The van der Waals surface area contributed by atoms with Crippen LogP contribution in [0.2, 0.25) is 0 Å². The van der Waals surface area contributed by atoms with Crippen molar-refractivity contribution >= 4 is 23.4 Å². The lowest BCUT2D eigenvalue weighted by Gasteiger charge is -2.14. The standard InChI is InChI=1S/C30H44N6O4/c1-21(27(37)25-19-33-17-13-23(25)29(31)39)35-15-11-9-7-5-3-4-6-8-10-12-16-36-22(2)28(38)26-20-34-18-14-24(26)30(32)40/h13-14,17-22,35-36H,3-12,15-16H2,1-2H3,(H2,31,39)(H2,32,40). The van der Waals surface area contributed by atoms with Crippen molar-refractivity contribution in [1.29, 1.82) is 0 Å². The van der Waals surface area contributed by atoms with Gasteiger partial charge in [-0.1, -0.05) is 51.4 Å². The number of pyridine rings is 2. The third kappa shape index (κ3) is 10.9. The van der Waals surface area contributed by atoms with E-state index in [-0.39, 0.29) is 33.8 Å². The molecule has 2 amide bonds. The van der Waals surface area contributed by atoms with Crippen LogP contribution >= 0.6 is 0 Å². The Hall–Kier alpha value is -3.50. The molecule has 0 radical (unpaired) electrons. The molecular formula is C30H44N6O4. The molecule has 0 aromatic carbocycles. The minimum atomic E-state index is -0.627. The topological polar surface area (TPSA) is 170 Å². The molecule has 40 heavy (non-hydrogen) atoms. The minimum absolute atomic E-state index is 0.177. The summed E-state index contributed by atoms with van der Waals surface area (Å²) in [5, 5.41) is 6.47. The van der Waals surface area contributed by atoms with Crippen molar-refractivity contribution < 1.29 is 19.2 Å². The number of nitrogens with zero attached hydrogens (tertiary/aromatic N) is 2. The molecule has 0 aliphatic rings. The van der Waals surface area contributed by atoms with E-state index < -0.39 is 23.9 Å². The summed E-state index contributed by atoms with van der Waals surface area (Å²) in [7, 11) is 0. The van der Waals surface area contributed by atoms with E-state index in [1.54, 1.807) is 13.8 Å². The highest BCUT2D eigenvalue weighted by Gasteiger charge is 2.21. The van der Waals surface area contributed by atoms with E-state index in [9.17, 15) is 19.2 Å². The number of carbonyl (C=O) groups is 4. The molecule has 0 spiro atoms. The number of ketones is 2. The monoisotopic (exact) mass is 552 g/mol. The van der Waals surface area contributed by atoms with E-state index in [0.29, 0.717) is 0 Å². The number of aromatic nitrogens is 2. The second kappa shape index (κ2) is 18.0. The number of rotatable bonds is 21. The number of Topliss-reactive ketones (excluding diaryl/α,β-unsaturated/α-hetero) is 2. The first-order valence-corrected chi connectivity index (χ1v) is 14.3. The highest BCUT2D eigenvalue weighted by Crippen LogP contribution is 2.13. The summed E-state index contributed by atoms with van der Waals surface area (Å²) in [6.45, 7) is 5.07. The Balaban J connectivity index is 1.45. The molecule has 218 valence electrons. The van der Waals surface area contributed by atoms with Gasteiger partial charge in [0.15, 0.2) is 11.6 Å². The maximum Gasteiger partial charge on any atom is 0.249 e. The van der Waals surface area contributed by atoms with Gasteiger partial charge in [-0.15, -0.1) is 0 Å². The number of nitrogens with two attached hydrogens (primary N) is 2. The summed E-state index contributed by atoms with van der Waals surface area (Å²) >= 11 is 0. The number of amides is 2. The highest BCUT2D eigenvalue weighted by atomic mass is 16.2. The van der Waals surface area contributed by atoms with Gasteiger partial charge in [-0.25, -0.2) is 0 Å². The van der Waals surface area contributed by atoms with Gasteiger partial charge in [0.05, 0.1) is 34.3 Å². The van der Waals surface area contributed by atoms with Crippen molar-refractivity contribution in [2.24, 2.45) is 11.5 Å². The Bertz CT molecular complexity index is 1040. The number of carbonyl (C=O) groups excluding carboxylic acids is 4. The number of nitrogens with one attached hydrogen (secondary N) is 2. The summed E-state index contributed by atoms with van der Waals surface area (Å²) in [5.41, 5.74) is 11.6. The summed E-state index contributed by atoms with van der Waals surface area (Å²) in [6, 6.07) is 2.13. The van der Waals surface area contributed by atoms with Crippen LogP contribution in [0.4, 0.5) is 0 Å². The summed E-state index contributed by atoms with van der Waals surface area (Å²) in [4.78, 5) is 56.2. The van der Waals surface area contributed by atoms with E-state index >= 15 is 0 Å². The molecule has 0 fully saturated rings. The van der Waals surface area contributed by atoms with E-state index in [2.05, 4.69) is 20.6 Å². The van der Waals surface area contributed by atoms with E-state index in [4.69, 9.17) is 11.5 Å². The number of hydrogen-bond acceptors (Lipinski definition) is 8. The molecule has 0 bridgehead atoms. The summed E-state index contributed by atoms with van der Waals surface area (Å²) in [5.74, 6) is -1.61. The largest absolute Gasteiger partial charge is 0.366 e. The van der Waals surface area contributed by atoms with Crippen LogP contribution in [0.15, 0.2) is 36.9 Å². The molecule has 10 heteroatoms. The molecule has 0 aliphatic carbocycles. The SMILES string of the molecule is CC(NCCCCCCCCCCCCNC(C)C(=O)c1cnccc1C(N)=O)C(=O)c1cnccc1C(N)=O. The quantitative estimate of drug-likeness (QED) is 0.134. The van der Waals surface area contributed by atoms with Gasteiger partial charge >= 0.3 is 0 Å². The molecule has 2 heterocycles. The smallest absolute Gasteiger partial charge is 0.249 e. The van der Waals surface area contributed by atoms with Crippen LogP contribution in [0.3, 0.4) is 0 Å². The van der Waals surface area contributed by atoms with Gasteiger partial charge in [0.25, 0.3) is 0 Å². The zero-order valence-electron chi connectivity index (χ0n) is 23.8. The van der Waals surface area contributed by atoms with Gasteiger partial charge in [-0.05, 0) is 51.9 Å². The van der Waals surface area contributed by atoms with Gasteiger partial charge < -0.3 is 22.1 Å². The third-order valence-electron chi connectivity index (χ3n) is 7.00. The molecule has 2 aromatic rings. The van der Waals surface area contributed by atoms with Crippen LogP contribution < -0.4 is 22.1 Å². The average molecular weight is 553 g/mol. The zero-order valence-corrected chi connectivity index (χ0v) is 23.8. The van der Waals surface area contributed by atoms with Crippen LogP contribution in [0.5, 0.6) is 0 Å². The van der Waals surface area contributed by atoms with Crippen molar-refractivity contribution in [1.82, 2.24) is 20.6 Å². The lowest BCUT2D eigenvalue weighted by Crippen LogP contribution is -2.35. The van der Waals surface area contributed by atoms with Gasteiger partial charge in [-0.3, -0.25) is 29.1 Å². The zero-order chi connectivity index (χ0) is 29.3. The first-order valence-electron chi connectivity index (χ1n) is 14.3. The van der Waals surface area contributed by atoms with Crippen LogP contribution in [-0.4, -0.2) is 58.5 Å². The number of primary amides is 2. The molecular weight excluding hydrogens is 508 g/mol. The maximum absolute atomic E-state index is 12.6. The lowest BCUT2D eigenvalue weighted by molar-refractivity contribution is 0.0932. The highest BCUT2D eigenvalue weighted by molar-refractivity contribution is 6.09. The third-order valence-corrected chi connectivity index (χ3v) is 7.00. The van der Waals surface area contributed by atoms with E-state index in [0.717, 1.165) is 38.8 Å². The first-order chi connectivity index (χ1) is 19.2. The Morgan fingerprint density at radius 1 is 0.600 bits per heavy atom. The molecule has 10 nitrogen and oxygen atoms in total. The Morgan fingerprint density at radius 3 is 1.25 bits per heavy atom. The fraction of sp³-hybridized carbons (Fsp3) is 0.533. The molecule has 2 aromatic heterocycles. The molecule has 6 N–H and O–H groups in total. The van der Waals surface area contributed by atoms with Gasteiger partial charge in [-0.2, -0.15) is 0 Å². The Morgan fingerprint density at radius 2 is 0.925 bits per heavy atom. The Labute approximate surface area is 237 Å². The van der Waals surface area contributed by atoms with Crippen LogP contribution in [-0.2, 0) is 0 Å². The van der Waals surface area contributed by atoms with E-state index in [1.165, 1.54) is 75.4 Å². The summed E-state index contributed by atoms with van der Waals surface area (Å²) in [6.07, 6.45) is 17.1. The summed E-state index contributed by atoms with van der Waals surface area (Å²) < 4.78 is 0. The van der Waals surface area contributed by atoms with Crippen molar-refractivity contribution in [2.75, 3.05) is 13.1 Å². The van der Waals surface area contributed by atoms with Crippen LogP contribution in [0, 0.1) is 0 Å². The van der Waals surface area contributed by atoms with Crippen molar-refractivity contribution in [3.8, 4) is 0 Å². The van der Waals surface area contributed by atoms with Gasteiger partial charge in [0.2, 0.25) is 11.8 Å². The molecule has 0 aliphatic heterocycles. The number of hydrogen-bond donors (Lipinski definition) is 4. The molecule has 2 unspecified atom stereocenters. The maximum atomic E-state index is 12.6. The second-order valence-electron chi connectivity index (χ2n) is 10.2. The Kier molecular flexibility index (Phi) is 14.7. The fourth-order valence-corrected chi connectivity index (χ4v) is 4.56. The van der Waals surface area contributed by atoms with Gasteiger partial charge in [0.1, 0.15) is 0 Å². The predicted molar refractivity (Wildman–Crippen MR) is 155 cm³/mol. The van der Waals surface area contributed by atoms with Crippen LogP contribution in [0.25, 0.3) is 0 Å². The minimum Gasteiger partial charge on any atom is -0.366 e. The first kappa shape index (κ1) is 32.7. The lowest BCUT2D eigenvalue weighted by atomic mass is 10.0. The molecule has 2 rings (SSSR count). The number of unbranched alkanes of at least 4 members (excludes halogenated alkanes) is 9. The molecule has 0 saturated carbocycles. The van der Waals surface area contributed by atoms with Crippen molar-refractivity contribution in [3.05, 3.63) is 59.2 Å². The molecule has 2 atom stereocenters. The van der Waals surface area contributed by atoms with Crippen molar-refractivity contribution in [2.45, 2.75) is 90.1 Å². The van der Waals surface area contributed by atoms with Crippen molar-refractivity contribution in [3.63, 3.8) is 0 Å². The van der Waals surface area contributed by atoms with Crippen LogP contribution in [0.1, 0.15) is 119 Å².